The number of hydrogen-bond acceptors (Lipinski definition) is 2. The summed E-state index contributed by atoms with van der Waals surface area (Å²) in [5, 5.41) is 0. The van der Waals surface area contributed by atoms with Crippen LogP contribution in [0, 0.1) is 11.8 Å². The van der Waals surface area contributed by atoms with Gasteiger partial charge in [0.05, 0.1) is 0 Å². The standard InChI is InChI=1S/C13H24N2O/c1-2-10-6-7-15(9-10)13(16)11-4-3-5-12(14)8-11/h10-12H,2-9,14H2,1H3. The first kappa shape index (κ1) is 11.9. The Labute approximate surface area is 98.4 Å². The predicted molar refractivity (Wildman–Crippen MR) is 64.9 cm³/mol. The molecule has 0 aromatic heterocycles. The van der Waals surface area contributed by atoms with Gasteiger partial charge in [-0.2, -0.15) is 0 Å². The summed E-state index contributed by atoms with van der Waals surface area (Å²) >= 11 is 0. The highest BCUT2D eigenvalue weighted by Gasteiger charge is 2.32. The maximum atomic E-state index is 12.3. The van der Waals surface area contributed by atoms with Crippen LogP contribution in [-0.4, -0.2) is 29.9 Å². The molecule has 3 heteroatoms. The van der Waals surface area contributed by atoms with Crippen LogP contribution >= 0.6 is 0 Å². The molecule has 2 N–H and O–H groups in total. The fourth-order valence-corrected chi connectivity index (χ4v) is 3.08. The maximum absolute atomic E-state index is 12.3. The zero-order valence-electron chi connectivity index (χ0n) is 10.3. The first-order valence-corrected chi connectivity index (χ1v) is 6.75. The van der Waals surface area contributed by atoms with Crippen LogP contribution in [-0.2, 0) is 4.79 Å². The van der Waals surface area contributed by atoms with Crippen LogP contribution in [0.4, 0.5) is 0 Å². The summed E-state index contributed by atoms with van der Waals surface area (Å²) in [6, 6.07) is 0.257. The van der Waals surface area contributed by atoms with Gasteiger partial charge in [-0.05, 0) is 31.6 Å². The normalized spacial score (nSPS) is 35.4. The highest BCUT2D eigenvalue weighted by Crippen LogP contribution is 2.28. The Morgan fingerprint density at radius 1 is 1.38 bits per heavy atom. The van der Waals surface area contributed by atoms with E-state index in [-0.39, 0.29) is 12.0 Å². The van der Waals surface area contributed by atoms with E-state index in [1.807, 2.05) is 0 Å². The molecular formula is C13H24N2O. The molecule has 0 radical (unpaired) electrons. The smallest absolute Gasteiger partial charge is 0.225 e. The molecule has 16 heavy (non-hydrogen) atoms. The Morgan fingerprint density at radius 2 is 2.19 bits per heavy atom. The number of hydrogen-bond donors (Lipinski definition) is 1. The van der Waals surface area contributed by atoms with Crippen LogP contribution in [0.1, 0.15) is 45.4 Å². The number of likely N-dealkylation sites (tertiary alicyclic amines) is 1. The molecule has 1 aliphatic heterocycles. The van der Waals surface area contributed by atoms with Crippen molar-refractivity contribution < 1.29 is 4.79 Å². The van der Waals surface area contributed by atoms with E-state index in [4.69, 9.17) is 5.73 Å². The van der Waals surface area contributed by atoms with Crippen LogP contribution in [0.3, 0.4) is 0 Å². The summed E-state index contributed by atoms with van der Waals surface area (Å²) in [6.45, 7) is 4.18. The van der Waals surface area contributed by atoms with E-state index in [1.54, 1.807) is 0 Å². The average molecular weight is 224 g/mol. The van der Waals surface area contributed by atoms with Gasteiger partial charge in [-0.25, -0.2) is 0 Å². The van der Waals surface area contributed by atoms with Crippen molar-refractivity contribution in [3.63, 3.8) is 0 Å². The molecule has 3 atom stereocenters. The number of amides is 1. The molecule has 0 aromatic carbocycles. The van der Waals surface area contributed by atoms with Crippen molar-refractivity contribution in [1.29, 1.82) is 0 Å². The molecule has 3 nitrogen and oxygen atoms in total. The topological polar surface area (TPSA) is 46.3 Å². The lowest BCUT2D eigenvalue weighted by Gasteiger charge is -2.29. The van der Waals surface area contributed by atoms with Crippen molar-refractivity contribution in [3.8, 4) is 0 Å². The molecule has 2 aliphatic rings. The maximum Gasteiger partial charge on any atom is 0.225 e. The fourth-order valence-electron chi connectivity index (χ4n) is 3.08. The third-order valence-corrected chi connectivity index (χ3v) is 4.24. The van der Waals surface area contributed by atoms with Crippen molar-refractivity contribution in [2.24, 2.45) is 17.6 Å². The molecule has 2 rings (SSSR count). The van der Waals surface area contributed by atoms with Crippen LogP contribution in [0.15, 0.2) is 0 Å². The molecule has 0 bridgehead atoms. The summed E-state index contributed by atoms with van der Waals surface area (Å²) in [7, 11) is 0. The Kier molecular flexibility index (Phi) is 3.85. The molecule has 1 heterocycles. The quantitative estimate of drug-likeness (QED) is 0.777. The number of nitrogens with two attached hydrogens (primary N) is 1. The highest BCUT2D eigenvalue weighted by molar-refractivity contribution is 5.79. The average Bonchev–Trinajstić information content (AvgIpc) is 2.76. The predicted octanol–water partition coefficient (Wildman–Crippen LogP) is 1.76. The Balaban J connectivity index is 1.87. The van der Waals surface area contributed by atoms with Crippen molar-refractivity contribution in [3.05, 3.63) is 0 Å². The molecule has 2 fully saturated rings. The Bertz CT molecular complexity index is 254. The molecule has 3 unspecified atom stereocenters. The minimum Gasteiger partial charge on any atom is -0.342 e. The zero-order chi connectivity index (χ0) is 11.5. The molecule has 1 saturated heterocycles. The van der Waals surface area contributed by atoms with E-state index in [9.17, 15) is 4.79 Å². The molecule has 1 aliphatic carbocycles. The molecular weight excluding hydrogens is 200 g/mol. The second-order valence-corrected chi connectivity index (χ2v) is 5.47. The number of nitrogens with zero attached hydrogens (tertiary/aromatic N) is 1. The van der Waals surface area contributed by atoms with E-state index in [1.165, 1.54) is 12.8 Å². The van der Waals surface area contributed by atoms with E-state index >= 15 is 0 Å². The van der Waals surface area contributed by atoms with E-state index in [0.717, 1.165) is 44.7 Å². The summed E-state index contributed by atoms with van der Waals surface area (Å²) in [4.78, 5) is 14.4. The first-order valence-electron chi connectivity index (χ1n) is 6.75. The summed E-state index contributed by atoms with van der Waals surface area (Å²) in [5.41, 5.74) is 5.94. The molecule has 1 saturated carbocycles. The van der Waals surface area contributed by atoms with Crippen molar-refractivity contribution in [2.45, 2.75) is 51.5 Å². The van der Waals surface area contributed by atoms with Crippen molar-refractivity contribution in [1.82, 2.24) is 4.90 Å². The van der Waals surface area contributed by atoms with Gasteiger partial charge in [-0.1, -0.05) is 19.8 Å². The summed E-state index contributed by atoms with van der Waals surface area (Å²) in [5.74, 6) is 1.34. The third kappa shape index (κ3) is 2.57. The van der Waals surface area contributed by atoms with Crippen LogP contribution in [0.25, 0.3) is 0 Å². The van der Waals surface area contributed by atoms with Crippen LogP contribution in [0.5, 0.6) is 0 Å². The van der Waals surface area contributed by atoms with Crippen molar-refractivity contribution >= 4 is 5.91 Å². The first-order chi connectivity index (χ1) is 7.70. The van der Waals surface area contributed by atoms with Gasteiger partial charge < -0.3 is 10.6 Å². The molecule has 0 spiro atoms. The van der Waals surface area contributed by atoms with Crippen molar-refractivity contribution in [2.75, 3.05) is 13.1 Å². The van der Waals surface area contributed by atoms with E-state index < -0.39 is 0 Å². The number of carbonyl (C=O) groups is 1. The minimum atomic E-state index is 0.222. The van der Waals surface area contributed by atoms with Gasteiger partial charge >= 0.3 is 0 Å². The van der Waals surface area contributed by atoms with E-state index in [2.05, 4.69) is 11.8 Å². The van der Waals surface area contributed by atoms with Crippen LogP contribution in [0.2, 0.25) is 0 Å². The molecule has 1 amide bonds. The van der Waals surface area contributed by atoms with Crippen LogP contribution < -0.4 is 5.73 Å². The van der Waals surface area contributed by atoms with Gasteiger partial charge in [-0.3, -0.25) is 4.79 Å². The lowest BCUT2D eigenvalue weighted by atomic mass is 9.85. The Hall–Kier alpha value is -0.570. The molecule has 92 valence electrons. The van der Waals surface area contributed by atoms with Gasteiger partial charge in [-0.15, -0.1) is 0 Å². The summed E-state index contributed by atoms with van der Waals surface area (Å²) < 4.78 is 0. The lowest BCUT2D eigenvalue weighted by Crippen LogP contribution is -2.39. The van der Waals surface area contributed by atoms with Gasteiger partial charge in [0.1, 0.15) is 0 Å². The fraction of sp³-hybridized carbons (Fsp3) is 0.923. The van der Waals surface area contributed by atoms with Gasteiger partial charge in [0, 0.05) is 25.0 Å². The second kappa shape index (κ2) is 5.17. The zero-order valence-corrected chi connectivity index (χ0v) is 10.3. The van der Waals surface area contributed by atoms with Gasteiger partial charge in [0.25, 0.3) is 0 Å². The number of carbonyl (C=O) groups excluding carboxylic acids is 1. The van der Waals surface area contributed by atoms with Gasteiger partial charge in [0.15, 0.2) is 0 Å². The Morgan fingerprint density at radius 3 is 2.81 bits per heavy atom. The SMILES string of the molecule is CCC1CCN(C(=O)C2CCCC(N)C2)C1. The van der Waals surface area contributed by atoms with E-state index in [0.29, 0.717) is 5.91 Å². The highest BCUT2D eigenvalue weighted by atomic mass is 16.2. The second-order valence-electron chi connectivity index (χ2n) is 5.47. The lowest BCUT2D eigenvalue weighted by molar-refractivity contribution is -0.135. The monoisotopic (exact) mass is 224 g/mol. The third-order valence-electron chi connectivity index (χ3n) is 4.24. The molecule has 0 aromatic rings. The number of rotatable bonds is 2. The largest absolute Gasteiger partial charge is 0.342 e. The minimum absolute atomic E-state index is 0.222. The summed E-state index contributed by atoms with van der Waals surface area (Å²) in [6.07, 6.45) is 6.59. The van der Waals surface area contributed by atoms with Gasteiger partial charge in [0.2, 0.25) is 5.91 Å².